The number of hydrogen-bond acceptors (Lipinski definition) is 1. The van der Waals surface area contributed by atoms with E-state index in [0.717, 1.165) is 13.2 Å². The van der Waals surface area contributed by atoms with Gasteiger partial charge in [-0.05, 0) is 32.1 Å². The largest absolute Gasteiger partial charge is 0.381 e. The fraction of sp³-hybridized carbons (Fsp3) is 0.857. The second-order valence-corrected chi connectivity index (χ2v) is 2.64. The van der Waals surface area contributed by atoms with E-state index in [2.05, 4.69) is 6.92 Å². The van der Waals surface area contributed by atoms with Gasteiger partial charge in [0.25, 0.3) is 0 Å². The first-order valence-corrected chi connectivity index (χ1v) is 3.20. The zero-order valence-corrected chi connectivity index (χ0v) is 5.44. The Morgan fingerprint density at radius 1 is 1.62 bits per heavy atom. The van der Waals surface area contributed by atoms with Gasteiger partial charge in [0.15, 0.2) is 0 Å². The van der Waals surface area contributed by atoms with Gasteiger partial charge in [-0.2, -0.15) is 0 Å². The lowest BCUT2D eigenvalue weighted by molar-refractivity contribution is 0.116. The Labute approximate surface area is 51.0 Å². The van der Waals surface area contributed by atoms with Crippen LogP contribution in [0.25, 0.3) is 0 Å². The molecule has 0 bridgehead atoms. The second-order valence-electron chi connectivity index (χ2n) is 2.64. The van der Waals surface area contributed by atoms with E-state index in [4.69, 9.17) is 4.74 Å². The van der Waals surface area contributed by atoms with Crippen molar-refractivity contribution in [1.82, 2.24) is 0 Å². The molecule has 1 nitrogen and oxygen atoms in total. The molecule has 1 radical (unpaired) electrons. The van der Waals surface area contributed by atoms with Gasteiger partial charge in [0.05, 0.1) is 6.61 Å². The van der Waals surface area contributed by atoms with Crippen LogP contribution < -0.4 is 0 Å². The first-order valence-electron chi connectivity index (χ1n) is 3.20. The zero-order chi connectivity index (χ0) is 6.04. The summed E-state index contributed by atoms with van der Waals surface area (Å²) in [4.78, 5) is 0. The molecule has 0 amide bonds. The molecule has 1 saturated carbocycles. The van der Waals surface area contributed by atoms with Gasteiger partial charge < -0.3 is 4.74 Å². The van der Waals surface area contributed by atoms with Gasteiger partial charge in [0, 0.05) is 6.61 Å². The van der Waals surface area contributed by atoms with Crippen LogP contribution in [0.5, 0.6) is 0 Å². The van der Waals surface area contributed by atoms with E-state index >= 15 is 0 Å². The van der Waals surface area contributed by atoms with E-state index in [9.17, 15) is 0 Å². The summed E-state index contributed by atoms with van der Waals surface area (Å²) in [6.07, 6.45) is 2.51. The monoisotopic (exact) mass is 113 g/mol. The van der Waals surface area contributed by atoms with E-state index in [0.29, 0.717) is 5.41 Å². The van der Waals surface area contributed by atoms with Crippen LogP contribution in [0, 0.1) is 12.3 Å². The summed E-state index contributed by atoms with van der Waals surface area (Å²) in [6, 6.07) is 0. The lowest BCUT2D eigenvalue weighted by Crippen LogP contribution is -2.05. The Hall–Kier alpha value is -0.0400. The normalized spacial score (nSPS) is 23.2. The number of hydrogen-bond donors (Lipinski definition) is 0. The van der Waals surface area contributed by atoms with Crippen LogP contribution in [0.15, 0.2) is 0 Å². The molecule has 1 aliphatic carbocycles. The van der Waals surface area contributed by atoms with E-state index in [-0.39, 0.29) is 0 Å². The molecule has 0 aliphatic heterocycles. The molecule has 0 saturated heterocycles. The van der Waals surface area contributed by atoms with Crippen LogP contribution >= 0.6 is 0 Å². The molecule has 0 aromatic heterocycles. The van der Waals surface area contributed by atoms with Crippen LogP contribution in [-0.4, -0.2) is 13.2 Å². The van der Waals surface area contributed by atoms with Crippen LogP contribution in [0.1, 0.15) is 19.8 Å². The smallest absolute Gasteiger partial charge is 0.0522 e. The van der Waals surface area contributed by atoms with Gasteiger partial charge in [-0.25, -0.2) is 0 Å². The van der Waals surface area contributed by atoms with Crippen molar-refractivity contribution in [2.75, 3.05) is 13.2 Å². The molecular weight excluding hydrogens is 100 g/mol. The molecule has 47 valence electrons. The molecule has 0 unspecified atom stereocenters. The summed E-state index contributed by atoms with van der Waals surface area (Å²) >= 11 is 0. The van der Waals surface area contributed by atoms with Crippen molar-refractivity contribution in [1.29, 1.82) is 0 Å². The van der Waals surface area contributed by atoms with Crippen LogP contribution in [0.4, 0.5) is 0 Å². The van der Waals surface area contributed by atoms with Crippen molar-refractivity contribution in [2.45, 2.75) is 19.8 Å². The third kappa shape index (κ3) is 1.48. The maximum atomic E-state index is 5.20. The highest BCUT2D eigenvalue weighted by Gasteiger charge is 2.37. The highest BCUT2D eigenvalue weighted by Crippen LogP contribution is 2.44. The Bertz CT molecular complexity index is 74.5. The van der Waals surface area contributed by atoms with Crippen molar-refractivity contribution in [3.05, 3.63) is 6.92 Å². The van der Waals surface area contributed by atoms with Crippen LogP contribution in [-0.2, 0) is 4.74 Å². The predicted octanol–water partition coefficient (Wildman–Crippen LogP) is 1.64. The molecular formula is C7H13O. The summed E-state index contributed by atoms with van der Waals surface area (Å²) in [5.74, 6) is 0. The lowest BCUT2D eigenvalue weighted by atomic mass is 10.2. The average molecular weight is 113 g/mol. The standard InChI is InChI=1S/C7H13O/c1-3-8-6-7(2)4-5-7/h2-6H2,1H3. The number of rotatable bonds is 3. The Kier molecular flexibility index (Phi) is 1.57. The molecule has 0 aromatic rings. The highest BCUT2D eigenvalue weighted by atomic mass is 16.5. The Morgan fingerprint density at radius 2 is 2.25 bits per heavy atom. The molecule has 1 heteroatoms. The zero-order valence-electron chi connectivity index (χ0n) is 5.44. The molecule has 1 fully saturated rings. The Morgan fingerprint density at radius 3 is 2.62 bits per heavy atom. The molecule has 8 heavy (non-hydrogen) atoms. The fourth-order valence-corrected chi connectivity index (χ4v) is 0.640. The topological polar surface area (TPSA) is 9.23 Å². The van der Waals surface area contributed by atoms with Gasteiger partial charge in [0.1, 0.15) is 0 Å². The van der Waals surface area contributed by atoms with Gasteiger partial charge in [-0.15, -0.1) is 0 Å². The minimum Gasteiger partial charge on any atom is -0.381 e. The Balaban J connectivity index is 2.01. The lowest BCUT2D eigenvalue weighted by Gasteiger charge is -2.05. The summed E-state index contributed by atoms with van der Waals surface area (Å²) in [6.45, 7) is 7.71. The van der Waals surface area contributed by atoms with Crippen molar-refractivity contribution in [3.8, 4) is 0 Å². The summed E-state index contributed by atoms with van der Waals surface area (Å²) in [5.41, 5.74) is 0.329. The minimum atomic E-state index is 0.329. The molecule has 0 aromatic carbocycles. The van der Waals surface area contributed by atoms with E-state index in [1.54, 1.807) is 0 Å². The van der Waals surface area contributed by atoms with Crippen molar-refractivity contribution >= 4 is 0 Å². The fourth-order valence-electron chi connectivity index (χ4n) is 0.640. The van der Waals surface area contributed by atoms with E-state index in [1.165, 1.54) is 12.8 Å². The third-order valence-electron chi connectivity index (χ3n) is 1.57. The van der Waals surface area contributed by atoms with Gasteiger partial charge in [0.2, 0.25) is 0 Å². The van der Waals surface area contributed by atoms with Crippen LogP contribution in [0.3, 0.4) is 0 Å². The third-order valence-corrected chi connectivity index (χ3v) is 1.57. The SMILES string of the molecule is [CH2]C1(COCC)CC1. The van der Waals surface area contributed by atoms with Gasteiger partial charge in [-0.1, -0.05) is 0 Å². The van der Waals surface area contributed by atoms with Crippen LogP contribution in [0.2, 0.25) is 0 Å². The molecule has 0 N–H and O–H groups in total. The average Bonchev–Trinajstić information content (AvgIpc) is 2.45. The molecule has 0 spiro atoms. The first-order chi connectivity index (χ1) is 3.77. The van der Waals surface area contributed by atoms with E-state index in [1.807, 2.05) is 6.92 Å². The molecule has 1 aliphatic rings. The quantitative estimate of drug-likeness (QED) is 0.540. The summed E-state index contributed by atoms with van der Waals surface area (Å²) < 4.78 is 5.20. The highest BCUT2D eigenvalue weighted by molar-refractivity contribution is 4.94. The van der Waals surface area contributed by atoms with Crippen molar-refractivity contribution in [3.63, 3.8) is 0 Å². The van der Waals surface area contributed by atoms with Crippen molar-refractivity contribution < 1.29 is 4.74 Å². The summed E-state index contributed by atoms with van der Waals surface area (Å²) in [7, 11) is 0. The second kappa shape index (κ2) is 2.06. The van der Waals surface area contributed by atoms with E-state index < -0.39 is 0 Å². The van der Waals surface area contributed by atoms with Gasteiger partial charge >= 0.3 is 0 Å². The molecule has 0 atom stereocenters. The maximum absolute atomic E-state index is 5.20. The molecule has 0 heterocycles. The summed E-state index contributed by atoms with van der Waals surface area (Å²) in [5, 5.41) is 0. The van der Waals surface area contributed by atoms with Gasteiger partial charge in [-0.3, -0.25) is 0 Å². The predicted molar refractivity (Wildman–Crippen MR) is 33.5 cm³/mol. The van der Waals surface area contributed by atoms with Crippen molar-refractivity contribution in [2.24, 2.45) is 5.41 Å². The number of ether oxygens (including phenoxy) is 1. The first kappa shape index (κ1) is 6.09. The maximum Gasteiger partial charge on any atom is 0.0522 e. The molecule has 1 rings (SSSR count). The minimum absolute atomic E-state index is 0.329.